The van der Waals surface area contributed by atoms with E-state index in [4.69, 9.17) is 0 Å². The van der Waals surface area contributed by atoms with Gasteiger partial charge in [-0.15, -0.1) is 0 Å². The molecule has 8 aromatic carbocycles. The molecule has 11 rings (SSSR count). The molecule has 0 spiro atoms. The molecule has 11 aromatic rings. The normalized spacial score (nSPS) is 11.6. The van der Waals surface area contributed by atoms with Crippen LogP contribution in [0.25, 0.3) is 93.6 Å². The van der Waals surface area contributed by atoms with Crippen LogP contribution in [0.3, 0.4) is 0 Å². The van der Waals surface area contributed by atoms with E-state index in [9.17, 15) is 10.5 Å². The van der Waals surface area contributed by atoms with Gasteiger partial charge in [0.05, 0.1) is 62.1 Å². The topological polar surface area (TPSA) is 62.4 Å². The fraction of sp³-hybridized carbons (Fsp3) is 0. The summed E-state index contributed by atoms with van der Waals surface area (Å²) in [6.45, 7) is 0. The van der Waals surface area contributed by atoms with Gasteiger partial charge in [-0.3, -0.25) is 0 Å². The number of fused-ring (bicyclic) bond motifs is 9. The summed E-state index contributed by atoms with van der Waals surface area (Å²) in [6, 6.07) is 65.9. The van der Waals surface area contributed by atoms with E-state index in [1.165, 1.54) is 10.8 Å². The summed E-state index contributed by atoms with van der Waals surface area (Å²) >= 11 is 0. The summed E-state index contributed by atoms with van der Waals surface area (Å²) in [7, 11) is 0. The van der Waals surface area contributed by atoms with Gasteiger partial charge in [-0.2, -0.15) is 10.5 Å². The molecule has 254 valence electrons. The monoisotopic (exact) mass is 699 g/mol. The van der Waals surface area contributed by atoms with Crippen molar-refractivity contribution < 1.29 is 0 Å². The first kappa shape index (κ1) is 30.7. The smallest absolute Gasteiger partial charge is 0.0998 e. The van der Waals surface area contributed by atoms with Crippen LogP contribution in [0, 0.1) is 22.7 Å². The Hall–Kier alpha value is -7.86. The highest BCUT2D eigenvalue weighted by molar-refractivity contribution is 6.15. The van der Waals surface area contributed by atoms with Crippen molar-refractivity contribution in [3.63, 3.8) is 0 Å². The standard InChI is InChI=1S/C50H29N5/c51-30-32-23-25-42-40-15-1-5-18-44(40)53(49(42)27-32)35-12-9-11-33(28-35)37-26-24-36(29-34(37)31-52)54-45-19-6-4-16-41(45)43-17-10-22-48(50(43)54)55-46-20-7-2-13-38(46)39-14-3-8-21-47(39)55/h1-29H. The van der Waals surface area contributed by atoms with Crippen LogP contribution in [0.15, 0.2) is 176 Å². The molecular weight excluding hydrogens is 671 g/mol. The number of hydrogen-bond donors (Lipinski definition) is 0. The molecule has 3 aromatic heterocycles. The first-order valence-electron chi connectivity index (χ1n) is 18.3. The van der Waals surface area contributed by atoms with Gasteiger partial charge >= 0.3 is 0 Å². The molecule has 0 aliphatic heterocycles. The second-order valence-corrected chi connectivity index (χ2v) is 14.0. The summed E-state index contributed by atoms with van der Waals surface area (Å²) < 4.78 is 6.90. The molecule has 0 saturated carbocycles. The molecule has 55 heavy (non-hydrogen) atoms. The number of para-hydroxylation sites is 5. The Morgan fingerprint density at radius 2 is 0.909 bits per heavy atom. The summed E-state index contributed by atoms with van der Waals surface area (Å²) in [5.41, 5.74) is 12.4. The van der Waals surface area contributed by atoms with Gasteiger partial charge in [-0.25, -0.2) is 0 Å². The van der Waals surface area contributed by atoms with Crippen molar-refractivity contribution in [2.24, 2.45) is 0 Å². The van der Waals surface area contributed by atoms with Gasteiger partial charge < -0.3 is 13.7 Å². The zero-order valence-electron chi connectivity index (χ0n) is 29.5. The molecular formula is C50H29N5. The van der Waals surface area contributed by atoms with Gasteiger partial charge in [-0.1, -0.05) is 109 Å². The van der Waals surface area contributed by atoms with Crippen molar-refractivity contribution in [2.45, 2.75) is 0 Å². The number of hydrogen-bond acceptors (Lipinski definition) is 2. The SMILES string of the molecule is N#Cc1ccc2c3ccccc3n(-c3cccc(-c4ccc(-n5c6ccccc6c6cccc(-n7c8ccccc8c8ccccc87)c65)cc4C#N)c3)c2c1. The predicted molar refractivity (Wildman–Crippen MR) is 224 cm³/mol. The predicted octanol–water partition coefficient (Wildman–Crippen LogP) is 12.4. The van der Waals surface area contributed by atoms with E-state index in [-0.39, 0.29) is 0 Å². The first-order chi connectivity index (χ1) is 27.2. The van der Waals surface area contributed by atoms with Crippen LogP contribution in [0.2, 0.25) is 0 Å². The Morgan fingerprint density at radius 3 is 1.56 bits per heavy atom. The highest BCUT2D eigenvalue weighted by Gasteiger charge is 2.21. The lowest BCUT2D eigenvalue weighted by Crippen LogP contribution is -2.01. The van der Waals surface area contributed by atoms with Crippen LogP contribution in [0.4, 0.5) is 0 Å². The van der Waals surface area contributed by atoms with Crippen LogP contribution in [0.5, 0.6) is 0 Å². The molecule has 0 amide bonds. The fourth-order valence-electron chi connectivity index (χ4n) is 8.78. The molecule has 0 fully saturated rings. The maximum atomic E-state index is 10.8. The van der Waals surface area contributed by atoms with Crippen molar-refractivity contribution in [2.75, 3.05) is 0 Å². The van der Waals surface area contributed by atoms with Crippen molar-refractivity contribution in [3.8, 4) is 40.3 Å². The number of aromatic nitrogens is 3. The molecule has 5 nitrogen and oxygen atoms in total. The van der Waals surface area contributed by atoms with Crippen LogP contribution >= 0.6 is 0 Å². The second-order valence-electron chi connectivity index (χ2n) is 14.0. The summed E-state index contributed by atoms with van der Waals surface area (Å²) in [5.74, 6) is 0. The molecule has 3 heterocycles. The molecule has 0 atom stereocenters. The largest absolute Gasteiger partial charge is 0.309 e. The molecule has 0 aliphatic rings. The minimum absolute atomic E-state index is 0.587. The Labute approximate surface area is 316 Å². The lowest BCUT2D eigenvalue weighted by Gasteiger charge is -2.16. The average molecular weight is 700 g/mol. The zero-order valence-corrected chi connectivity index (χ0v) is 29.5. The lowest BCUT2D eigenvalue weighted by atomic mass is 9.99. The maximum Gasteiger partial charge on any atom is 0.0998 e. The van der Waals surface area contributed by atoms with E-state index in [0.717, 1.165) is 82.8 Å². The van der Waals surface area contributed by atoms with Crippen molar-refractivity contribution >= 4 is 65.4 Å². The third-order valence-corrected chi connectivity index (χ3v) is 11.1. The highest BCUT2D eigenvalue weighted by Crippen LogP contribution is 2.41. The highest BCUT2D eigenvalue weighted by atomic mass is 15.1. The summed E-state index contributed by atoms with van der Waals surface area (Å²) in [5, 5.41) is 27.5. The quantitative estimate of drug-likeness (QED) is 0.184. The first-order valence-corrected chi connectivity index (χ1v) is 18.3. The molecule has 5 heteroatoms. The maximum absolute atomic E-state index is 10.8. The van der Waals surface area contributed by atoms with E-state index < -0.39 is 0 Å². The molecule has 0 unspecified atom stereocenters. The van der Waals surface area contributed by atoms with Crippen LogP contribution in [-0.2, 0) is 0 Å². The number of nitriles is 2. The molecule has 0 N–H and O–H groups in total. The second kappa shape index (κ2) is 11.8. The van der Waals surface area contributed by atoms with Gasteiger partial charge in [-0.05, 0) is 77.9 Å². The Balaban J connectivity index is 1.12. The summed E-state index contributed by atoms with van der Waals surface area (Å²) in [4.78, 5) is 0. The van der Waals surface area contributed by atoms with Gasteiger partial charge in [0.2, 0.25) is 0 Å². The van der Waals surface area contributed by atoms with E-state index in [0.29, 0.717) is 11.1 Å². The molecule has 0 aliphatic carbocycles. The number of nitrogens with zero attached hydrogens (tertiary/aromatic N) is 5. The lowest BCUT2D eigenvalue weighted by molar-refractivity contribution is 1.13. The third kappa shape index (κ3) is 4.45. The molecule has 0 bridgehead atoms. The van der Waals surface area contributed by atoms with Crippen LogP contribution < -0.4 is 0 Å². The molecule has 0 radical (unpaired) electrons. The minimum Gasteiger partial charge on any atom is -0.309 e. The van der Waals surface area contributed by atoms with E-state index in [2.05, 4.69) is 159 Å². The van der Waals surface area contributed by atoms with Gasteiger partial charge in [0.1, 0.15) is 0 Å². The average Bonchev–Trinajstić information content (AvgIpc) is 3.89. The van der Waals surface area contributed by atoms with E-state index in [1.807, 2.05) is 42.5 Å². The van der Waals surface area contributed by atoms with Crippen molar-refractivity contribution in [1.29, 1.82) is 10.5 Å². The van der Waals surface area contributed by atoms with Crippen LogP contribution in [0.1, 0.15) is 11.1 Å². The Kier molecular flexibility index (Phi) is 6.61. The number of benzene rings is 8. The van der Waals surface area contributed by atoms with Crippen molar-refractivity contribution in [3.05, 3.63) is 187 Å². The zero-order chi connectivity index (χ0) is 36.6. The van der Waals surface area contributed by atoms with Crippen LogP contribution in [-0.4, -0.2) is 13.7 Å². The van der Waals surface area contributed by atoms with E-state index >= 15 is 0 Å². The number of rotatable bonds is 4. The molecule has 0 saturated heterocycles. The third-order valence-electron chi connectivity index (χ3n) is 11.1. The van der Waals surface area contributed by atoms with Gasteiger partial charge in [0.15, 0.2) is 0 Å². The van der Waals surface area contributed by atoms with Gasteiger partial charge in [0, 0.05) is 43.7 Å². The van der Waals surface area contributed by atoms with Gasteiger partial charge in [0.25, 0.3) is 0 Å². The Bertz CT molecular complexity index is 3420. The Morgan fingerprint density at radius 1 is 0.364 bits per heavy atom. The minimum atomic E-state index is 0.587. The fourth-order valence-corrected chi connectivity index (χ4v) is 8.78. The van der Waals surface area contributed by atoms with Crippen molar-refractivity contribution in [1.82, 2.24) is 13.7 Å². The summed E-state index contributed by atoms with van der Waals surface area (Å²) in [6.07, 6.45) is 0. The van der Waals surface area contributed by atoms with E-state index in [1.54, 1.807) is 0 Å².